The molecular formula is C9H11N5. The summed E-state index contributed by atoms with van der Waals surface area (Å²) in [6.07, 6.45) is 5.27. The molecule has 0 radical (unpaired) electrons. The average molecular weight is 189 g/mol. The lowest BCUT2D eigenvalue weighted by atomic mass is 10.1. The number of rotatable bonds is 3. The van der Waals surface area contributed by atoms with Gasteiger partial charge in [-0.15, -0.1) is 0 Å². The number of aromatic nitrogens is 4. The molecule has 2 rings (SSSR count). The van der Waals surface area contributed by atoms with Crippen molar-refractivity contribution in [3.8, 4) is 0 Å². The Hall–Kier alpha value is -1.75. The minimum atomic E-state index is 0.0439. The molecule has 72 valence electrons. The molecule has 0 aliphatic rings. The van der Waals surface area contributed by atoms with E-state index in [0.717, 1.165) is 11.3 Å². The lowest BCUT2D eigenvalue weighted by Gasteiger charge is -2.12. The van der Waals surface area contributed by atoms with Crippen molar-refractivity contribution in [1.82, 2.24) is 25.7 Å². The minimum absolute atomic E-state index is 0.0439. The fraction of sp³-hybridized carbons (Fsp3) is 0.222. The summed E-state index contributed by atoms with van der Waals surface area (Å²) in [5.74, 6) is 0. The zero-order valence-corrected chi connectivity index (χ0v) is 7.81. The summed E-state index contributed by atoms with van der Waals surface area (Å²) < 4.78 is 0. The molecule has 2 N–H and O–H groups in total. The van der Waals surface area contributed by atoms with Gasteiger partial charge in [0.15, 0.2) is 0 Å². The van der Waals surface area contributed by atoms with Crippen LogP contribution in [0, 0.1) is 0 Å². The van der Waals surface area contributed by atoms with E-state index in [-0.39, 0.29) is 6.04 Å². The van der Waals surface area contributed by atoms with E-state index in [0.29, 0.717) is 0 Å². The van der Waals surface area contributed by atoms with E-state index in [2.05, 4.69) is 25.7 Å². The number of hydrogen-bond acceptors (Lipinski definition) is 4. The second-order valence-electron chi connectivity index (χ2n) is 2.90. The number of aromatic amines is 1. The van der Waals surface area contributed by atoms with Crippen molar-refractivity contribution in [2.45, 2.75) is 6.04 Å². The molecule has 0 fully saturated rings. The number of nitrogens with one attached hydrogen (secondary N) is 2. The van der Waals surface area contributed by atoms with Gasteiger partial charge in [-0.2, -0.15) is 15.4 Å². The summed E-state index contributed by atoms with van der Waals surface area (Å²) in [5.41, 5.74) is 1.93. The number of pyridine rings is 1. The highest BCUT2D eigenvalue weighted by molar-refractivity contribution is 5.22. The monoisotopic (exact) mass is 189 g/mol. The zero-order valence-electron chi connectivity index (χ0n) is 7.81. The summed E-state index contributed by atoms with van der Waals surface area (Å²) in [7, 11) is 1.88. The Bertz CT molecular complexity index is 369. The summed E-state index contributed by atoms with van der Waals surface area (Å²) >= 11 is 0. The van der Waals surface area contributed by atoms with Gasteiger partial charge in [0, 0.05) is 12.4 Å². The molecule has 0 bridgehead atoms. The fourth-order valence-electron chi connectivity index (χ4n) is 1.38. The van der Waals surface area contributed by atoms with Crippen LogP contribution in [-0.2, 0) is 0 Å². The highest BCUT2D eigenvalue weighted by Gasteiger charge is 2.13. The van der Waals surface area contributed by atoms with Gasteiger partial charge in [-0.05, 0) is 18.7 Å². The lowest BCUT2D eigenvalue weighted by Crippen LogP contribution is -2.18. The van der Waals surface area contributed by atoms with Crippen molar-refractivity contribution in [2.75, 3.05) is 7.05 Å². The third-order valence-electron chi connectivity index (χ3n) is 2.04. The Balaban J connectivity index is 2.31. The summed E-state index contributed by atoms with van der Waals surface area (Å²) in [5, 5.41) is 13.6. The van der Waals surface area contributed by atoms with Crippen LogP contribution in [0.2, 0.25) is 0 Å². The Morgan fingerprint density at radius 3 is 2.93 bits per heavy atom. The average Bonchev–Trinajstić information content (AvgIpc) is 2.74. The van der Waals surface area contributed by atoms with Crippen LogP contribution in [0.4, 0.5) is 0 Å². The second kappa shape index (κ2) is 3.97. The second-order valence-corrected chi connectivity index (χ2v) is 2.90. The first-order valence-corrected chi connectivity index (χ1v) is 4.34. The molecule has 0 saturated heterocycles. The first-order chi connectivity index (χ1) is 6.92. The topological polar surface area (TPSA) is 66.5 Å². The molecular weight excluding hydrogens is 178 g/mol. The van der Waals surface area contributed by atoms with Crippen molar-refractivity contribution in [3.63, 3.8) is 0 Å². The smallest absolute Gasteiger partial charge is 0.104 e. The van der Waals surface area contributed by atoms with Crippen molar-refractivity contribution < 1.29 is 0 Å². The molecule has 2 heterocycles. The van der Waals surface area contributed by atoms with E-state index < -0.39 is 0 Å². The van der Waals surface area contributed by atoms with E-state index in [1.54, 1.807) is 12.4 Å². The van der Waals surface area contributed by atoms with Gasteiger partial charge in [0.05, 0.1) is 12.2 Å². The molecule has 5 heteroatoms. The van der Waals surface area contributed by atoms with Gasteiger partial charge in [-0.1, -0.05) is 6.07 Å². The number of H-pyrrole nitrogens is 1. The van der Waals surface area contributed by atoms with Crippen LogP contribution < -0.4 is 5.32 Å². The van der Waals surface area contributed by atoms with Gasteiger partial charge in [-0.25, -0.2) is 0 Å². The molecule has 0 aliphatic carbocycles. The lowest BCUT2D eigenvalue weighted by molar-refractivity contribution is 0.664. The van der Waals surface area contributed by atoms with E-state index in [9.17, 15) is 0 Å². The van der Waals surface area contributed by atoms with Gasteiger partial charge in [0.1, 0.15) is 5.69 Å². The van der Waals surface area contributed by atoms with Crippen LogP contribution >= 0.6 is 0 Å². The Labute approximate surface area is 81.6 Å². The maximum absolute atomic E-state index is 4.07. The largest absolute Gasteiger partial charge is 0.308 e. The zero-order chi connectivity index (χ0) is 9.80. The standard InChI is InChI=1S/C9H11N5/c1-10-9(8-6-12-14-13-8)7-3-2-4-11-5-7/h2-6,9-10H,1H3,(H,12,13,14). The highest BCUT2D eigenvalue weighted by Crippen LogP contribution is 2.17. The number of nitrogens with zero attached hydrogens (tertiary/aromatic N) is 3. The molecule has 2 aromatic rings. The number of hydrogen-bond donors (Lipinski definition) is 2. The van der Waals surface area contributed by atoms with Crippen molar-refractivity contribution in [3.05, 3.63) is 42.0 Å². The van der Waals surface area contributed by atoms with Crippen molar-refractivity contribution in [1.29, 1.82) is 0 Å². The van der Waals surface area contributed by atoms with Crippen LogP contribution in [0.3, 0.4) is 0 Å². The molecule has 0 aromatic carbocycles. The Morgan fingerprint density at radius 2 is 2.36 bits per heavy atom. The maximum Gasteiger partial charge on any atom is 0.104 e. The molecule has 1 atom stereocenters. The highest BCUT2D eigenvalue weighted by atomic mass is 15.3. The first-order valence-electron chi connectivity index (χ1n) is 4.34. The van der Waals surface area contributed by atoms with Crippen LogP contribution in [0.1, 0.15) is 17.3 Å². The predicted molar refractivity (Wildman–Crippen MR) is 51.5 cm³/mol. The third kappa shape index (κ3) is 1.62. The van der Waals surface area contributed by atoms with Gasteiger partial charge >= 0.3 is 0 Å². The molecule has 5 nitrogen and oxygen atoms in total. The van der Waals surface area contributed by atoms with E-state index in [1.165, 1.54) is 0 Å². The van der Waals surface area contributed by atoms with Gasteiger partial charge in [0.2, 0.25) is 0 Å². The van der Waals surface area contributed by atoms with Crippen LogP contribution in [0.5, 0.6) is 0 Å². The first kappa shape index (κ1) is 8.83. The van der Waals surface area contributed by atoms with Gasteiger partial charge < -0.3 is 5.32 Å². The summed E-state index contributed by atoms with van der Waals surface area (Å²) in [4.78, 5) is 4.07. The predicted octanol–water partition coefficient (Wildman–Crippen LogP) is 0.508. The molecule has 0 spiro atoms. The Kier molecular flexibility index (Phi) is 2.51. The molecule has 0 saturated carbocycles. The SMILES string of the molecule is CNC(c1cccnc1)c1cn[nH]n1. The summed E-state index contributed by atoms with van der Waals surface area (Å²) in [6, 6.07) is 3.95. The molecule has 0 amide bonds. The minimum Gasteiger partial charge on any atom is -0.308 e. The van der Waals surface area contributed by atoms with Crippen molar-refractivity contribution >= 4 is 0 Å². The van der Waals surface area contributed by atoms with Gasteiger partial charge in [-0.3, -0.25) is 4.98 Å². The molecule has 0 aliphatic heterocycles. The quantitative estimate of drug-likeness (QED) is 0.738. The van der Waals surface area contributed by atoms with Crippen LogP contribution in [-0.4, -0.2) is 27.4 Å². The molecule has 2 aromatic heterocycles. The van der Waals surface area contributed by atoms with E-state index in [4.69, 9.17) is 0 Å². The van der Waals surface area contributed by atoms with Gasteiger partial charge in [0.25, 0.3) is 0 Å². The third-order valence-corrected chi connectivity index (χ3v) is 2.04. The summed E-state index contributed by atoms with van der Waals surface area (Å²) in [6.45, 7) is 0. The molecule has 1 unspecified atom stereocenters. The maximum atomic E-state index is 4.07. The van der Waals surface area contributed by atoms with Crippen LogP contribution in [0.15, 0.2) is 30.7 Å². The molecule has 14 heavy (non-hydrogen) atoms. The van der Waals surface area contributed by atoms with E-state index >= 15 is 0 Å². The van der Waals surface area contributed by atoms with Crippen molar-refractivity contribution in [2.24, 2.45) is 0 Å². The Morgan fingerprint density at radius 1 is 1.43 bits per heavy atom. The van der Waals surface area contributed by atoms with Crippen LogP contribution in [0.25, 0.3) is 0 Å². The van der Waals surface area contributed by atoms with E-state index in [1.807, 2.05) is 25.4 Å². The fourth-order valence-corrected chi connectivity index (χ4v) is 1.38. The normalized spacial score (nSPS) is 12.6.